The van der Waals surface area contributed by atoms with Crippen LogP contribution in [0.1, 0.15) is 37.8 Å². The van der Waals surface area contributed by atoms with Gasteiger partial charge >= 0.3 is 0 Å². The lowest BCUT2D eigenvalue weighted by atomic mass is 10.00. The van der Waals surface area contributed by atoms with Gasteiger partial charge in [0.05, 0.1) is 0 Å². The van der Waals surface area contributed by atoms with Crippen LogP contribution in [0, 0.1) is 12.8 Å². The van der Waals surface area contributed by atoms with Crippen molar-refractivity contribution >= 4 is 0 Å². The highest BCUT2D eigenvalue weighted by atomic mass is 15.1. The van der Waals surface area contributed by atoms with Crippen LogP contribution in [0.5, 0.6) is 0 Å². The summed E-state index contributed by atoms with van der Waals surface area (Å²) in [6.07, 6.45) is 3.94. The summed E-state index contributed by atoms with van der Waals surface area (Å²) in [6, 6.07) is 8.61. The minimum atomic E-state index is 0.978. The minimum absolute atomic E-state index is 0.978. The van der Waals surface area contributed by atoms with Crippen LogP contribution >= 0.6 is 0 Å². The number of nitrogens with zero attached hydrogens (tertiary/aromatic N) is 1. The van der Waals surface area contributed by atoms with Crippen LogP contribution in [-0.2, 0) is 6.42 Å². The Morgan fingerprint density at radius 1 is 1.24 bits per heavy atom. The van der Waals surface area contributed by atoms with Crippen LogP contribution in [-0.4, -0.2) is 25.0 Å². The molecule has 1 nitrogen and oxygen atoms in total. The van der Waals surface area contributed by atoms with Gasteiger partial charge in [-0.15, -0.1) is 0 Å². The Bertz CT molecular complexity index is 301. The highest BCUT2D eigenvalue weighted by Crippen LogP contribution is 2.13. The van der Waals surface area contributed by atoms with Gasteiger partial charge in [0.2, 0.25) is 0 Å². The Hall–Kier alpha value is -0.820. The molecule has 0 unspecified atom stereocenters. The molecule has 1 aliphatic heterocycles. The van der Waals surface area contributed by atoms with E-state index in [1.165, 1.54) is 37.1 Å². The summed E-state index contributed by atoms with van der Waals surface area (Å²) in [5.74, 6) is 0.978. The molecule has 0 atom stereocenters. The highest BCUT2D eigenvalue weighted by Gasteiger charge is 2.10. The number of hydrogen-bond acceptors (Lipinski definition) is 1. The van der Waals surface area contributed by atoms with Crippen molar-refractivity contribution in [1.29, 1.82) is 0 Å². The number of piperidine rings is 1. The van der Waals surface area contributed by atoms with E-state index >= 15 is 0 Å². The molecule has 0 amide bonds. The lowest BCUT2D eigenvalue weighted by Crippen LogP contribution is -2.28. The van der Waals surface area contributed by atoms with E-state index in [1.54, 1.807) is 0 Å². The van der Waals surface area contributed by atoms with E-state index in [-0.39, 0.29) is 0 Å². The summed E-state index contributed by atoms with van der Waals surface area (Å²) in [4.78, 5) is 2.40. The van der Waals surface area contributed by atoms with Crippen LogP contribution < -0.4 is 0 Å². The molecule has 1 aromatic rings. The standard InChI is InChI=1S/C9H12.C7H15N/c1-3-9-6-4-5-8(2)7-9;1-7-3-5-8(2)6-4-7/h4-7H,3H2,1-2H3;7H,3-6H2,1-2H3. The van der Waals surface area contributed by atoms with Crippen molar-refractivity contribution in [2.45, 2.75) is 40.0 Å². The van der Waals surface area contributed by atoms with Crippen molar-refractivity contribution in [3.8, 4) is 0 Å². The van der Waals surface area contributed by atoms with E-state index in [2.05, 4.69) is 57.0 Å². The van der Waals surface area contributed by atoms with Gasteiger partial charge < -0.3 is 4.90 Å². The number of likely N-dealkylation sites (tertiary alicyclic amines) is 1. The Kier molecular flexibility index (Phi) is 6.28. The molecule has 0 aromatic heterocycles. The van der Waals surface area contributed by atoms with Crippen LogP contribution in [0.25, 0.3) is 0 Å². The quantitative estimate of drug-likeness (QED) is 0.711. The van der Waals surface area contributed by atoms with Gasteiger partial charge in [0, 0.05) is 0 Å². The van der Waals surface area contributed by atoms with E-state index in [0.717, 1.165) is 12.3 Å². The lowest BCUT2D eigenvalue weighted by Gasteiger charge is -2.26. The smallest absolute Gasteiger partial charge is 0.00192 e. The van der Waals surface area contributed by atoms with E-state index in [0.29, 0.717) is 0 Å². The maximum atomic E-state index is 2.40. The van der Waals surface area contributed by atoms with Gasteiger partial charge in [-0.1, -0.05) is 43.7 Å². The summed E-state index contributed by atoms with van der Waals surface area (Å²) in [5, 5.41) is 0. The van der Waals surface area contributed by atoms with Crippen molar-refractivity contribution < 1.29 is 0 Å². The van der Waals surface area contributed by atoms with Gasteiger partial charge in [0.1, 0.15) is 0 Å². The van der Waals surface area contributed by atoms with E-state index in [1.807, 2.05) is 0 Å². The molecule has 96 valence electrons. The second-order valence-electron chi connectivity index (χ2n) is 5.33. The molecule has 0 N–H and O–H groups in total. The fourth-order valence-corrected chi connectivity index (χ4v) is 2.07. The third-order valence-electron chi connectivity index (χ3n) is 3.50. The molecule has 2 rings (SSSR count). The monoisotopic (exact) mass is 233 g/mol. The zero-order valence-corrected chi connectivity index (χ0v) is 11.9. The molecule has 1 fully saturated rings. The summed E-state index contributed by atoms with van der Waals surface area (Å²) in [7, 11) is 2.20. The molecule has 1 aromatic carbocycles. The lowest BCUT2D eigenvalue weighted by molar-refractivity contribution is 0.230. The van der Waals surface area contributed by atoms with Gasteiger partial charge in [-0.05, 0) is 57.8 Å². The molecule has 1 saturated heterocycles. The number of aryl methyl sites for hydroxylation is 2. The van der Waals surface area contributed by atoms with Gasteiger partial charge in [0.15, 0.2) is 0 Å². The fraction of sp³-hybridized carbons (Fsp3) is 0.625. The molecule has 0 radical (unpaired) electrons. The largest absolute Gasteiger partial charge is 0.306 e. The van der Waals surface area contributed by atoms with Gasteiger partial charge in [-0.25, -0.2) is 0 Å². The normalized spacial score (nSPS) is 17.4. The van der Waals surface area contributed by atoms with E-state index in [4.69, 9.17) is 0 Å². The van der Waals surface area contributed by atoms with Crippen LogP contribution in [0.15, 0.2) is 24.3 Å². The van der Waals surface area contributed by atoms with Crippen molar-refractivity contribution in [2.75, 3.05) is 20.1 Å². The highest BCUT2D eigenvalue weighted by molar-refractivity contribution is 5.21. The topological polar surface area (TPSA) is 3.24 Å². The molecule has 1 heterocycles. The number of rotatable bonds is 1. The first-order chi connectivity index (χ1) is 8.11. The summed E-state index contributed by atoms with van der Waals surface area (Å²) >= 11 is 0. The zero-order chi connectivity index (χ0) is 12.7. The van der Waals surface area contributed by atoms with Gasteiger partial charge in [-0.3, -0.25) is 0 Å². The van der Waals surface area contributed by atoms with E-state index < -0.39 is 0 Å². The second-order valence-corrected chi connectivity index (χ2v) is 5.33. The molecular weight excluding hydrogens is 206 g/mol. The van der Waals surface area contributed by atoms with Crippen molar-refractivity contribution in [3.63, 3.8) is 0 Å². The van der Waals surface area contributed by atoms with Crippen molar-refractivity contribution in [3.05, 3.63) is 35.4 Å². The maximum absolute atomic E-state index is 2.40. The van der Waals surface area contributed by atoms with Crippen molar-refractivity contribution in [2.24, 2.45) is 5.92 Å². The molecular formula is C16H27N. The Labute approximate surface area is 107 Å². The first kappa shape index (κ1) is 14.2. The Morgan fingerprint density at radius 2 is 1.88 bits per heavy atom. The molecule has 1 heteroatoms. The Morgan fingerprint density at radius 3 is 2.29 bits per heavy atom. The second kappa shape index (κ2) is 7.50. The molecule has 1 aliphatic rings. The third kappa shape index (κ3) is 5.88. The van der Waals surface area contributed by atoms with Gasteiger partial charge in [0.25, 0.3) is 0 Å². The zero-order valence-electron chi connectivity index (χ0n) is 11.9. The van der Waals surface area contributed by atoms with Crippen LogP contribution in [0.3, 0.4) is 0 Å². The van der Waals surface area contributed by atoms with Crippen LogP contribution in [0.2, 0.25) is 0 Å². The molecule has 0 spiro atoms. The number of benzene rings is 1. The maximum Gasteiger partial charge on any atom is -0.00192 e. The van der Waals surface area contributed by atoms with Crippen molar-refractivity contribution in [1.82, 2.24) is 4.90 Å². The predicted molar refractivity (Wildman–Crippen MR) is 76.5 cm³/mol. The summed E-state index contributed by atoms with van der Waals surface area (Å²) < 4.78 is 0. The van der Waals surface area contributed by atoms with Gasteiger partial charge in [-0.2, -0.15) is 0 Å². The average molecular weight is 233 g/mol. The SMILES string of the molecule is CC1CCN(C)CC1.CCc1cccc(C)c1. The fourth-order valence-electron chi connectivity index (χ4n) is 2.07. The summed E-state index contributed by atoms with van der Waals surface area (Å²) in [6.45, 7) is 9.25. The molecule has 0 aliphatic carbocycles. The van der Waals surface area contributed by atoms with Crippen LogP contribution in [0.4, 0.5) is 0 Å². The average Bonchev–Trinajstić information content (AvgIpc) is 2.34. The first-order valence-corrected chi connectivity index (χ1v) is 6.86. The molecule has 17 heavy (non-hydrogen) atoms. The molecule has 0 bridgehead atoms. The van der Waals surface area contributed by atoms with E-state index in [9.17, 15) is 0 Å². The molecule has 0 saturated carbocycles. The summed E-state index contributed by atoms with van der Waals surface area (Å²) in [5.41, 5.74) is 2.78. The third-order valence-corrected chi connectivity index (χ3v) is 3.50. The Balaban J connectivity index is 0.000000171. The predicted octanol–water partition coefficient (Wildman–Crippen LogP) is 3.91. The number of hydrogen-bond donors (Lipinski definition) is 0. The minimum Gasteiger partial charge on any atom is -0.306 e. The first-order valence-electron chi connectivity index (χ1n) is 6.86.